The third-order valence-corrected chi connectivity index (χ3v) is 8.04. The minimum atomic E-state index is -0.617. The molecule has 0 radical (unpaired) electrons. The second-order valence-electron chi connectivity index (χ2n) is 11.9. The van der Waals surface area contributed by atoms with Crippen LogP contribution in [-0.2, 0) is 9.47 Å². The Hall–Kier alpha value is -4.28. The highest BCUT2D eigenvalue weighted by atomic mass is 35.5. The Morgan fingerprint density at radius 3 is 1.67 bits per heavy atom. The highest BCUT2D eigenvalue weighted by Crippen LogP contribution is 2.26. The number of carbonyl (C=O) groups is 2. The van der Waals surface area contributed by atoms with Crippen LogP contribution in [0.5, 0.6) is 0 Å². The van der Waals surface area contributed by atoms with Crippen molar-refractivity contribution in [3.8, 4) is 0 Å². The number of carbonyl (C=O) groups excluding carboxylic acids is 2. The van der Waals surface area contributed by atoms with Crippen molar-refractivity contribution in [2.75, 3.05) is 50.0 Å². The van der Waals surface area contributed by atoms with E-state index in [9.17, 15) is 14.0 Å². The fourth-order valence-corrected chi connectivity index (χ4v) is 5.37. The molecule has 6 N–H and O–H groups in total. The van der Waals surface area contributed by atoms with E-state index in [1.54, 1.807) is 24.4 Å². The Morgan fingerprint density at radius 2 is 1.27 bits per heavy atom. The molecule has 0 unspecified atom stereocenters. The van der Waals surface area contributed by atoms with Crippen LogP contribution in [0.1, 0.15) is 95.5 Å². The Bertz CT molecular complexity index is 1540. The lowest BCUT2D eigenvalue weighted by Crippen LogP contribution is -2.33. The molecule has 0 aliphatic carbocycles. The van der Waals surface area contributed by atoms with Gasteiger partial charge in [-0.3, -0.25) is 29.8 Å². The number of morpholine rings is 2. The van der Waals surface area contributed by atoms with Crippen molar-refractivity contribution in [2.45, 2.75) is 51.7 Å². The number of rotatable bonds is 8. The molecule has 16 heteroatoms. The van der Waals surface area contributed by atoms with Crippen LogP contribution in [-0.4, -0.2) is 81.6 Å². The predicted octanol–water partition coefficient (Wildman–Crippen LogP) is 4.48. The minimum Gasteiger partial charge on any atom is -0.369 e. The second kappa shape index (κ2) is 16.2. The quantitative estimate of drug-likeness (QED) is 0.155. The number of H-pyrrole nitrogens is 2. The normalized spacial score (nSPS) is 17.9. The van der Waals surface area contributed by atoms with E-state index in [0.29, 0.717) is 41.8 Å². The smallest absolute Gasteiger partial charge is 0.279 e. The lowest BCUT2D eigenvalue weighted by molar-refractivity contribution is 0.0250. The van der Waals surface area contributed by atoms with Crippen LogP contribution in [0, 0.1) is 5.82 Å². The summed E-state index contributed by atoms with van der Waals surface area (Å²) in [6, 6.07) is 7.14. The van der Waals surface area contributed by atoms with Crippen molar-refractivity contribution in [2.24, 2.45) is 0 Å². The molecular weight excluding hydrogens is 643 g/mol. The Balaban J connectivity index is 0.000000188. The molecule has 0 spiro atoms. The molecule has 0 bridgehead atoms. The molecule has 0 saturated carbocycles. The average molecular weight is 683 g/mol. The number of nitrogens with one attached hydrogen (secondary N) is 6. The van der Waals surface area contributed by atoms with E-state index in [0.717, 1.165) is 36.7 Å². The highest BCUT2D eigenvalue weighted by Gasteiger charge is 2.23. The Labute approximate surface area is 282 Å². The van der Waals surface area contributed by atoms with Crippen LogP contribution in [0.25, 0.3) is 0 Å². The van der Waals surface area contributed by atoms with E-state index in [-0.39, 0.29) is 41.3 Å². The lowest BCUT2D eigenvalue weighted by atomic mass is 10.1. The molecule has 0 aromatic carbocycles. The number of pyridine rings is 2. The number of amides is 2. The summed E-state index contributed by atoms with van der Waals surface area (Å²) >= 11 is 6.21. The SMILES string of the molecule is CC(C)c1[nH]nc(C(=O)Nc2ccc([C@H]3CNCCO3)nc2)c1Cl.CC(C)c1[nH]nc(C(=O)Nc2ccc([C@H]3CNCCO3)nc2)c1F. The van der Waals surface area contributed by atoms with Crippen LogP contribution in [0.4, 0.5) is 15.8 Å². The van der Waals surface area contributed by atoms with Crippen molar-refractivity contribution in [3.63, 3.8) is 0 Å². The summed E-state index contributed by atoms with van der Waals surface area (Å²) < 4.78 is 25.4. The molecular formula is C32H40ClFN10O4. The van der Waals surface area contributed by atoms with Gasteiger partial charge in [0.05, 0.1) is 64.8 Å². The maximum absolute atomic E-state index is 14.1. The third kappa shape index (κ3) is 8.59. The summed E-state index contributed by atoms with van der Waals surface area (Å²) in [6.45, 7) is 12.0. The van der Waals surface area contributed by atoms with Gasteiger partial charge in [0.2, 0.25) is 0 Å². The van der Waals surface area contributed by atoms with Gasteiger partial charge < -0.3 is 30.7 Å². The molecule has 2 aliphatic rings. The Kier molecular flexibility index (Phi) is 11.8. The number of ether oxygens (including phenoxy) is 2. The van der Waals surface area contributed by atoms with E-state index < -0.39 is 11.7 Å². The third-order valence-electron chi connectivity index (χ3n) is 7.65. The van der Waals surface area contributed by atoms with E-state index in [1.165, 1.54) is 6.20 Å². The van der Waals surface area contributed by atoms with Gasteiger partial charge in [-0.25, -0.2) is 4.39 Å². The monoisotopic (exact) mass is 682 g/mol. The number of hydrogen-bond acceptors (Lipinski definition) is 10. The van der Waals surface area contributed by atoms with Crippen molar-refractivity contribution in [3.05, 3.63) is 81.7 Å². The zero-order valence-corrected chi connectivity index (χ0v) is 27.9. The van der Waals surface area contributed by atoms with Gasteiger partial charge in [-0.15, -0.1) is 0 Å². The molecule has 4 aromatic heterocycles. The molecule has 2 atom stereocenters. The first-order valence-electron chi connectivity index (χ1n) is 15.8. The van der Waals surface area contributed by atoms with Crippen LogP contribution in [0.15, 0.2) is 36.7 Å². The van der Waals surface area contributed by atoms with Crippen LogP contribution >= 0.6 is 11.6 Å². The number of halogens is 2. The minimum absolute atomic E-state index is 0.0575. The summed E-state index contributed by atoms with van der Waals surface area (Å²) in [6.07, 6.45) is 2.98. The molecule has 2 fully saturated rings. The maximum Gasteiger partial charge on any atom is 0.279 e. The molecule has 6 rings (SSSR count). The van der Waals surface area contributed by atoms with Crippen molar-refractivity contribution >= 4 is 34.8 Å². The fraction of sp³-hybridized carbons (Fsp3) is 0.438. The largest absolute Gasteiger partial charge is 0.369 e. The number of nitrogens with zero attached hydrogens (tertiary/aromatic N) is 4. The summed E-state index contributed by atoms with van der Waals surface area (Å²) in [4.78, 5) is 33.1. The predicted molar refractivity (Wildman–Crippen MR) is 178 cm³/mol. The number of aromatic amines is 2. The highest BCUT2D eigenvalue weighted by molar-refractivity contribution is 6.34. The molecule has 6 heterocycles. The summed E-state index contributed by atoms with van der Waals surface area (Å²) in [7, 11) is 0. The van der Waals surface area contributed by atoms with Gasteiger partial charge in [-0.1, -0.05) is 39.3 Å². The van der Waals surface area contributed by atoms with Crippen LogP contribution in [0.3, 0.4) is 0 Å². The van der Waals surface area contributed by atoms with Crippen molar-refractivity contribution in [1.82, 2.24) is 41.0 Å². The van der Waals surface area contributed by atoms with Crippen LogP contribution < -0.4 is 21.3 Å². The zero-order valence-electron chi connectivity index (χ0n) is 27.2. The number of anilines is 2. The van der Waals surface area contributed by atoms with Crippen LogP contribution in [0.2, 0.25) is 5.02 Å². The molecule has 48 heavy (non-hydrogen) atoms. The zero-order chi connectivity index (χ0) is 34.2. The standard InChI is InChI=1S/C16H20ClN5O2.C16H20FN5O2/c2*1-9(2)14-13(17)15(22-21-14)16(23)20-10-3-4-11(19-7-10)12-8-18-5-6-24-12/h2*3-4,7,9,12,18H,5-6,8H2,1-2H3,(H,20,23)(H,21,22)/t2*12-/m11/s1. The van der Waals surface area contributed by atoms with E-state index >= 15 is 0 Å². The van der Waals surface area contributed by atoms with Gasteiger partial charge in [0, 0.05) is 26.2 Å². The molecule has 2 saturated heterocycles. The van der Waals surface area contributed by atoms with Crippen molar-refractivity contribution in [1.29, 1.82) is 0 Å². The molecule has 256 valence electrons. The number of aromatic nitrogens is 6. The molecule has 4 aromatic rings. The first-order valence-corrected chi connectivity index (χ1v) is 16.2. The summed E-state index contributed by atoms with van der Waals surface area (Å²) in [5.74, 6) is -1.51. The molecule has 2 amide bonds. The van der Waals surface area contributed by atoms with E-state index in [2.05, 4.69) is 51.6 Å². The van der Waals surface area contributed by atoms with E-state index in [4.69, 9.17) is 21.1 Å². The first-order chi connectivity index (χ1) is 23.1. The molecule has 14 nitrogen and oxygen atoms in total. The van der Waals surface area contributed by atoms with Gasteiger partial charge in [0.15, 0.2) is 17.2 Å². The van der Waals surface area contributed by atoms with E-state index in [1.807, 2.05) is 33.8 Å². The second-order valence-corrected chi connectivity index (χ2v) is 12.3. The van der Waals surface area contributed by atoms with Gasteiger partial charge in [-0.2, -0.15) is 10.2 Å². The van der Waals surface area contributed by atoms with Gasteiger partial charge in [0.1, 0.15) is 12.2 Å². The summed E-state index contributed by atoms with van der Waals surface area (Å²) in [5, 5.41) is 25.3. The van der Waals surface area contributed by atoms with Gasteiger partial charge in [0.25, 0.3) is 11.8 Å². The number of hydrogen-bond donors (Lipinski definition) is 6. The van der Waals surface area contributed by atoms with Gasteiger partial charge >= 0.3 is 0 Å². The average Bonchev–Trinajstić information content (AvgIpc) is 3.69. The topological polar surface area (TPSA) is 184 Å². The summed E-state index contributed by atoms with van der Waals surface area (Å²) in [5.41, 5.74) is 3.67. The van der Waals surface area contributed by atoms with Crippen molar-refractivity contribution < 1.29 is 23.5 Å². The fourth-order valence-electron chi connectivity index (χ4n) is 4.98. The first kappa shape index (κ1) is 35.0. The molecule has 2 aliphatic heterocycles. The van der Waals surface area contributed by atoms with Gasteiger partial charge in [-0.05, 0) is 36.1 Å². The lowest BCUT2D eigenvalue weighted by Gasteiger charge is -2.23. The maximum atomic E-state index is 14.1. The Morgan fingerprint density at radius 1 is 0.792 bits per heavy atom.